The lowest BCUT2D eigenvalue weighted by atomic mass is 10.1. The molecule has 0 saturated heterocycles. The highest BCUT2D eigenvalue weighted by Crippen LogP contribution is 2.27. The van der Waals surface area contributed by atoms with E-state index in [-0.39, 0.29) is 23.4 Å². The number of benzene rings is 2. The monoisotopic (exact) mass is 311 g/mol. The zero-order chi connectivity index (χ0) is 15.4. The molecular formula is C16H16ClF2NO. The van der Waals surface area contributed by atoms with Gasteiger partial charge in [0.1, 0.15) is 12.4 Å². The number of rotatable bonds is 5. The average molecular weight is 312 g/mol. The van der Waals surface area contributed by atoms with Crippen LogP contribution in [0.2, 0.25) is 5.02 Å². The molecule has 0 radical (unpaired) electrons. The molecule has 0 bridgehead atoms. The fraction of sp³-hybridized carbons (Fsp3) is 0.250. The highest BCUT2D eigenvalue weighted by molar-refractivity contribution is 6.31. The van der Waals surface area contributed by atoms with Gasteiger partial charge in [0.25, 0.3) is 0 Å². The van der Waals surface area contributed by atoms with Gasteiger partial charge in [-0.1, -0.05) is 35.9 Å². The lowest BCUT2D eigenvalue weighted by Crippen LogP contribution is -2.18. The van der Waals surface area contributed by atoms with Crippen molar-refractivity contribution in [2.24, 2.45) is 5.73 Å². The predicted octanol–water partition coefficient (Wildman–Crippen LogP) is 4.09. The summed E-state index contributed by atoms with van der Waals surface area (Å²) >= 11 is 5.85. The summed E-state index contributed by atoms with van der Waals surface area (Å²) in [7, 11) is 0. The van der Waals surface area contributed by atoms with Crippen LogP contribution in [0.25, 0.3) is 0 Å². The molecule has 2 rings (SSSR count). The van der Waals surface area contributed by atoms with Crippen molar-refractivity contribution in [2.45, 2.75) is 26.0 Å². The van der Waals surface area contributed by atoms with Crippen LogP contribution in [0.3, 0.4) is 0 Å². The molecule has 21 heavy (non-hydrogen) atoms. The molecule has 1 atom stereocenters. The molecule has 0 fully saturated rings. The van der Waals surface area contributed by atoms with E-state index >= 15 is 0 Å². The van der Waals surface area contributed by atoms with Crippen LogP contribution in [0.1, 0.15) is 18.1 Å². The first-order chi connectivity index (χ1) is 9.99. The Morgan fingerprint density at radius 3 is 2.38 bits per heavy atom. The second-order valence-electron chi connectivity index (χ2n) is 4.91. The summed E-state index contributed by atoms with van der Waals surface area (Å²) in [6.45, 7) is 1.82. The lowest BCUT2D eigenvalue weighted by molar-refractivity contribution is 0.286. The standard InChI is InChI=1S/C16H16ClF2NO/c1-10(20)8-11-4-2-7-14(19)16(11)21-9-12-5-3-6-13(18)15(12)17/h2-7,10H,8-9,20H2,1H3. The van der Waals surface area contributed by atoms with Gasteiger partial charge in [-0.15, -0.1) is 0 Å². The molecule has 1 unspecified atom stereocenters. The molecule has 0 heterocycles. The van der Waals surface area contributed by atoms with Crippen molar-refractivity contribution in [3.05, 3.63) is 64.2 Å². The van der Waals surface area contributed by atoms with Crippen molar-refractivity contribution >= 4 is 11.6 Å². The minimum Gasteiger partial charge on any atom is -0.485 e. The smallest absolute Gasteiger partial charge is 0.165 e. The molecular weight excluding hydrogens is 296 g/mol. The predicted molar refractivity (Wildman–Crippen MR) is 79.5 cm³/mol. The summed E-state index contributed by atoms with van der Waals surface area (Å²) in [6.07, 6.45) is 0.490. The molecule has 0 spiro atoms. The molecule has 2 N–H and O–H groups in total. The van der Waals surface area contributed by atoms with Crippen molar-refractivity contribution in [2.75, 3.05) is 0 Å². The minimum atomic E-state index is -0.526. The minimum absolute atomic E-state index is 0.0104. The largest absolute Gasteiger partial charge is 0.485 e. The van der Waals surface area contributed by atoms with Gasteiger partial charge < -0.3 is 10.5 Å². The van der Waals surface area contributed by atoms with Crippen molar-refractivity contribution in [3.63, 3.8) is 0 Å². The van der Waals surface area contributed by atoms with Crippen LogP contribution in [0.4, 0.5) is 8.78 Å². The first-order valence-electron chi connectivity index (χ1n) is 6.57. The molecule has 2 aromatic carbocycles. The quantitative estimate of drug-likeness (QED) is 0.902. The molecule has 0 aromatic heterocycles. The van der Waals surface area contributed by atoms with Gasteiger partial charge in [-0.2, -0.15) is 0 Å². The molecule has 5 heteroatoms. The molecule has 0 amide bonds. The summed E-state index contributed by atoms with van der Waals surface area (Å²) in [6, 6.07) is 8.99. The highest BCUT2D eigenvalue weighted by Gasteiger charge is 2.13. The van der Waals surface area contributed by atoms with Crippen LogP contribution >= 0.6 is 11.6 Å². The van der Waals surface area contributed by atoms with Gasteiger partial charge in [0.2, 0.25) is 0 Å². The van der Waals surface area contributed by atoms with E-state index in [0.717, 1.165) is 0 Å². The van der Waals surface area contributed by atoms with E-state index in [1.807, 2.05) is 6.92 Å². The fourth-order valence-corrected chi connectivity index (χ4v) is 2.21. The SMILES string of the molecule is CC(N)Cc1cccc(F)c1OCc1cccc(F)c1Cl. The van der Waals surface area contributed by atoms with Gasteiger partial charge >= 0.3 is 0 Å². The van der Waals surface area contributed by atoms with Crippen molar-refractivity contribution in [1.29, 1.82) is 0 Å². The second-order valence-corrected chi connectivity index (χ2v) is 5.29. The topological polar surface area (TPSA) is 35.2 Å². The molecule has 2 aromatic rings. The number of hydrogen-bond acceptors (Lipinski definition) is 2. The maximum absolute atomic E-state index is 13.9. The zero-order valence-electron chi connectivity index (χ0n) is 11.6. The van der Waals surface area contributed by atoms with Crippen LogP contribution < -0.4 is 10.5 Å². The third-order valence-electron chi connectivity index (χ3n) is 2.99. The van der Waals surface area contributed by atoms with Gasteiger partial charge in [0, 0.05) is 11.6 Å². The molecule has 0 aliphatic carbocycles. The van der Waals surface area contributed by atoms with E-state index < -0.39 is 11.6 Å². The van der Waals surface area contributed by atoms with Crippen LogP contribution in [0, 0.1) is 11.6 Å². The van der Waals surface area contributed by atoms with Gasteiger partial charge in [-0.3, -0.25) is 0 Å². The summed E-state index contributed by atoms with van der Waals surface area (Å²) in [5.41, 5.74) is 6.89. The van der Waals surface area contributed by atoms with Crippen molar-refractivity contribution in [1.82, 2.24) is 0 Å². The number of ether oxygens (including phenoxy) is 1. The number of halogens is 3. The molecule has 2 nitrogen and oxygen atoms in total. The Morgan fingerprint density at radius 1 is 1.10 bits per heavy atom. The summed E-state index contributed by atoms with van der Waals surface area (Å²) in [5, 5.41) is -0.0115. The zero-order valence-corrected chi connectivity index (χ0v) is 12.3. The summed E-state index contributed by atoms with van der Waals surface area (Å²) in [4.78, 5) is 0. The first kappa shape index (κ1) is 15.7. The Balaban J connectivity index is 2.21. The Morgan fingerprint density at radius 2 is 1.71 bits per heavy atom. The fourth-order valence-electron chi connectivity index (χ4n) is 2.03. The Labute approximate surface area is 127 Å². The number of para-hydroxylation sites is 1. The average Bonchev–Trinajstić information content (AvgIpc) is 2.42. The van der Waals surface area contributed by atoms with E-state index in [0.29, 0.717) is 17.5 Å². The normalized spacial score (nSPS) is 12.2. The summed E-state index contributed by atoms with van der Waals surface area (Å²) in [5.74, 6) is -0.863. The Bertz CT molecular complexity index is 632. The molecule has 0 aliphatic heterocycles. The molecule has 0 saturated carbocycles. The van der Waals surface area contributed by atoms with Crippen LogP contribution in [-0.2, 0) is 13.0 Å². The maximum Gasteiger partial charge on any atom is 0.165 e. The van der Waals surface area contributed by atoms with E-state index in [2.05, 4.69) is 0 Å². The maximum atomic E-state index is 13.9. The Kier molecular flexibility index (Phi) is 5.15. The van der Waals surface area contributed by atoms with Crippen molar-refractivity contribution < 1.29 is 13.5 Å². The van der Waals surface area contributed by atoms with E-state index in [1.165, 1.54) is 18.2 Å². The van der Waals surface area contributed by atoms with E-state index in [1.54, 1.807) is 18.2 Å². The van der Waals surface area contributed by atoms with Gasteiger partial charge in [0.15, 0.2) is 11.6 Å². The second kappa shape index (κ2) is 6.87. The molecule has 112 valence electrons. The highest BCUT2D eigenvalue weighted by atomic mass is 35.5. The number of nitrogens with two attached hydrogens (primary N) is 1. The van der Waals surface area contributed by atoms with Crippen molar-refractivity contribution in [3.8, 4) is 5.75 Å². The molecule has 0 aliphatic rings. The van der Waals surface area contributed by atoms with E-state index in [4.69, 9.17) is 22.1 Å². The lowest BCUT2D eigenvalue weighted by Gasteiger charge is -2.14. The number of hydrogen-bond donors (Lipinski definition) is 1. The third kappa shape index (κ3) is 3.93. The van der Waals surface area contributed by atoms with Crippen LogP contribution in [0.15, 0.2) is 36.4 Å². The van der Waals surface area contributed by atoms with Gasteiger partial charge in [-0.25, -0.2) is 8.78 Å². The van der Waals surface area contributed by atoms with E-state index in [9.17, 15) is 8.78 Å². The van der Waals surface area contributed by atoms with Gasteiger partial charge in [-0.05, 0) is 31.0 Å². The van der Waals surface area contributed by atoms with Crippen LogP contribution in [-0.4, -0.2) is 6.04 Å². The van der Waals surface area contributed by atoms with Crippen LogP contribution in [0.5, 0.6) is 5.75 Å². The summed E-state index contributed by atoms with van der Waals surface area (Å²) < 4.78 is 32.8. The van der Waals surface area contributed by atoms with Gasteiger partial charge in [0.05, 0.1) is 5.02 Å². The first-order valence-corrected chi connectivity index (χ1v) is 6.95. The third-order valence-corrected chi connectivity index (χ3v) is 3.42. The Hall–Kier alpha value is -1.65.